The SMILES string of the molecule is CC/C=C\C/C=C\C/C=C\CCCCCCCC(=O)OCC(COC(=O)CCCCCCCCCCCCCCCCCCCCC/C=C\CCCCCCCCCC)OC(=O)CCCCCCCCCCC/C=C\C/C=C\CCCCC. The molecule has 6 heteroatoms. The van der Waals surface area contributed by atoms with Gasteiger partial charge < -0.3 is 14.2 Å². The van der Waals surface area contributed by atoms with Crippen molar-refractivity contribution in [1.29, 1.82) is 0 Å². The van der Waals surface area contributed by atoms with Crippen LogP contribution in [0.5, 0.6) is 0 Å². The minimum atomic E-state index is -0.786. The minimum Gasteiger partial charge on any atom is -0.462 e. The Kier molecular flexibility index (Phi) is 68.6. The molecule has 1 atom stereocenters. The third-order valence-electron chi connectivity index (χ3n) is 16.2. The van der Waals surface area contributed by atoms with Gasteiger partial charge in [0.15, 0.2) is 6.10 Å². The molecule has 0 rings (SSSR count). The van der Waals surface area contributed by atoms with Gasteiger partial charge in [0.1, 0.15) is 13.2 Å². The van der Waals surface area contributed by atoms with E-state index in [-0.39, 0.29) is 31.1 Å². The summed E-state index contributed by atoms with van der Waals surface area (Å²) in [5.74, 6) is -0.881. The summed E-state index contributed by atoms with van der Waals surface area (Å²) < 4.78 is 17.0. The lowest BCUT2D eigenvalue weighted by Gasteiger charge is -2.18. The number of hydrogen-bond donors (Lipinski definition) is 0. The molecule has 0 N–H and O–H groups in total. The second-order valence-corrected chi connectivity index (χ2v) is 24.5. The molecule has 0 aromatic heterocycles. The van der Waals surface area contributed by atoms with E-state index < -0.39 is 6.10 Å². The first-order valence-electron chi connectivity index (χ1n) is 36.4. The van der Waals surface area contributed by atoms with Crippen molar-refractivity contribution in [3.05, 3.63) is 72.9 Å². The lowest BCUT2D eigenvalue weighted by Crippen LogP contribution is -2.30. The maximum Gasteiger partial charge on any atom is 0.306 e. The van der Waals surface area contributed by atoms with Gasteiger partial charge >= 0.3 is 17.9 Å². The van der Waals surface area contributed by atoms with Crippen molar-refractivity contribution in [2.24, 2.45) is 0 Å². The number of hydrogen-bond acceptors (Lipinski definition) is 6. The molecule has 0 fully saturated rings. The summed E-state index contributed by atoms with van der Waals surface area (Å²) in [7, 11) is 0. The Morgan fingerprint density at radius 2 is 0.470 bits per heavy atom. The molecular weight excluding hydrogens is 1020 g/mol. The van der Waals surface area contributed by atoms with Gasteiger partial charge in [-0.05, 0) is 109 Å². The summed E-state index contributed by atoms with van der Waals surface area (Å²) in [5.41, 5.74) is 0. The molecule has 0 radical (unpaired) electrons. The number of allylic oxidation sites excluding steroid dienone is 12. The molecule has 0 aromatic rings. The van der Waals surface area contributed by atoms with E-state index in [4.69, 9.17) is 14.2 Å². The van der Waals surface area contributed by atoms with Gasteiger partial charge in [-0.2, -0.15) is 0 Å². The number of ether oxygens (including phenoxy) is 3. The number of rotatable bonds is 67. The van der Waals surface area contributed by atoms with E-state index >= 15 is 0 Å². The Bertz CT molecular complexity index is 1520. The van der Waals surface area contributed by atoms with Crippen LogP contribution in [0.4, 0.5) is 0 Å². The van der Waals surface area contributed by atoms with Crippen LogP contribution in [-0.4, -0.2) is 37.2 Å². The molecule has 83 heavy (non-hydrogen) atoms. The van der Waals surface area contributed by atoms with Crippen molar-refractivity contribution in [3.8, 4) is 0 Å². The summed E-state index contributed by atoms with van der Waals surface area (Å²) in [6.45, 7) is 6.54. The van der Waals surface area contributed by atoms with E-state index in [0.29, 0.717) is 19.3 Å². The van der Waals surface area contributed by atoms with E-state index in [1.165, 1.54) is 238 Å². The van der Waals surface area contributed by atoms with Gasteiger partial charge in [-0.15, -0.1) is 0 Å². The van der Waals surface area contributed by atoms with E-state index in [9.17, 15) is 14.4 Å². The third-order valence-corrected chi connectivity index (χ3v) is 16.2. The molecular formula is C77H138O6. The second-order valence-electron chi connectivity index (χ2n) is 24.5. The van der Waals surface area contributed by atoms with Crippen molar-refractivity contribution >= 4 is 17.9 Å². The highest BCUT2D eigenvalue weighted by Gasteiger charge is 2.19. The molecule has 0 heterocycles. The van der Waals surface area contributed by atoms with Crippen LogP contribution in [0.15, 0.2) is 72.9 Å². The smallest absolute Gasteiger partial charge is 0.306 e. The quantitative estimate of drug-likeness (QED) is 0.0261. The zero-order valence-corrected chi connectivity index (χ0v) is 55.5. The third kappa shape index (κ3) is 69.5. The van der Waals surface area contributed by atoms with Crippen molar-refractivity contribution in [2.45, 2.75) is 386 Å². The van der Waals surface area contributed by atoms with E-state index in [1.54, 1.807) is 0 Å². The van der Waals surface area contributed by atoms with Gasteiger partial charge in [-0.25, -0.2) is 0 Å². The van der Waals surface area contributed by atoms with Gasteiger partial charge in [-0.3, -0.25) is 14.4 Å². The molecule has 0 aliphatic rings. The van der Waals surface area contributed by atoms with Crippen LogP contribution in [0.25, 0.3) is 0 Å². The molecule has 0 amide bonds. The molecule has 1 unspecified atom stereocenters. The Labute approximate surface area is 516 Å². The van der Waals surface area contributed by atoms with Crippen LogP contribution in [0.2, 0.25) is 0 Å². The summed E-state index contributed by atoms with van der Waals surface area (Å²) in [5, 5.41) is 0. The average molecular weight is 1160 g/mol. The van der Waals surface area contributed by atoms with E-state index in [0.717, 1.165) is 103 Å². The number of esters is 3. The fraction of sp³-hybridized carbons (Fsp3) is 0.805. The zero-order valence-electron chi connectivity index (χ0n) is 55.5. The van der Waals surface area contributed by atoms with Crippen molar-refractivity contribution in [2.75, 3.05) is 13.2 Å². The molecule has 0 saturated heterocycles. The monoisotopic (exact) mass is 1160 g/mol. The minimum absolute atomic E-state index is 0.0796. The second kappa shape index (κ2) is 71.3. The van der Waals surface area contributed by atoms with Crippen molar-refractivity contribution in [1.82, 2.24) is 0 Å². The lowest BCUT2D eigenvalue weighted by molar-refractivity contribution is -0.167. The van der Waals surface area contributed by atoms with Gasteiger partial charge in [0.2, 0.25) is 0 Å². The molecule has 0 bridgehead atoms. The van der Waals surface area contributed by atoms with Gasteiger partial charge in [-0.1, -0.05) is 325 Å². The highest BCUT2D eigenvalue weighted by molar-refractivity contribution is 5.71. The maximum atomic E-state index is 13.0. The summed E-state index contributed by atoms with van der Waals surface area (Å²) in [6.07, 6.45) is 93.7. The normalized spacial score (nSPS) is 12.5. The van der Waals surface area contributed by atoms with Crippen LogP contribution >= 0.6 is 0 Å². The highest BCUT2D eigenvalue weighted by atomic mass is 16.6. The Morgan fingerprint density at radius 3 is 0.771 bits per heavy atom. The molecule has 0 aromatic carbocycles. The van der Waals surface area contributed by atoms with Crippen LogP contribution in [0, 0.1) is 0 Å². The predicted octanol–water partition coefficient (Wildman–Crippen LogP) is 25.2. The van der Waals surface area contributed by atoms with Crippen LogP contribution in [-0.2, 0) is 28.6 Å². The van der Waals surface area contributed by atoms with Crippen LogP contribution in [0.3, 0.4) is 0 Å². The first-order chi connectivity index (χ1) is 41.0. The van der Waals surface area contributed by atoms with Gasteiger partial charge in [0.05, 0.1) is 0 Å². The van der Waals surface area contributed by atoms with Crippen molar-refractivity contribution < 1.29 is 28.6 Å². The number of carbonyl (C=O) groups is 3. The number of unbranched alkanes of at least 4 members (excludes halogenated alkanes) is 44. The van der Waals surface area contributed by atoms with Gasteiger partial charge in [0.25, 0.3) is 0 Å². The zero-order chi connectivity index (χ0) is 59.9. The maximum absolute atomic E-state index is 13.0. The highest BCUT2D eigenvalue weighted by Crippen LogP contribution is 2.18. The summed E-state index contributed by atoms with van der Waals surface area (Å²) >= 11 is 0. The fourth-order valence-corrected chi connectivity index (χ4v) is 10.7. The topological polar surface area (TPSA) is 78.9 Å². The number of carbonyl (C=O) groups excluding carboxylic acids is 3. The lowest BCUT2D eigenvalue weighted by atomic mass is 10.0. The van der Waals surface area contributed by atoms with Crippen LogP contribution < -0.4 is 0 Å². The molecule has 0 aliphatic heterocycles. The molecule has 0 spiro atoms. The predicted molar refractivity (Wildman–Crippen MR) is 362 cm³/mol. The Balaban J connectivity index is 4.21. The Morgan fingerprint density at radius 1 is 0.253 bits per heavy atom. The fourth-order valence-electron chi connectivity index (χ4n) is 10.7. The van der Waals surface area contributed by atoms with E-state index in [1.807, 2.05) is 0 Å². The largest absolute Gasteiger partial charge is 0.462 e. The molecule has 0 aliphatic carbocycles. The average Bonchev–Trinajstić information content (AvgIpc) is 3.50. The van der Waals surface area contributed by atoms with E-state index in [2.05, 4.69) is 93.7 Å². The van der Waals surface area contributed by atoms with Crippen LogP contribution in [0.1, 0.15) is 380 Å². The van der Waals surface area contributed by atoms with Gasteiger partial charge in [0, 0.05) is 19.3 Å². The molecule has 482 valence electrons. The Hall–Kier alpha value is -3.15. The standard InChI is InChI=1S/C77H138O6/c1-4-7-10-13-16-19-22-25-28-30-32-33-34-35-36-37-38-39-40-41-42-43-45-46-49-52-55-58-61-64-67-70-76(79)82-73-74(72-81-75(78)69-66-63-60-57-54-51-48-27-24-21-18-15-12-9-6-3)83-77(80)71-68-65-62-59-56-53-50-47-44-31-29-26-23-20-17-14-11-8-5-2/h9,12,17-18,20-21,26-27,29-30,32,48,74H,4-8,10-11,13-16,19,22-25,28,31,33-47,49-73H2,1-3H3/b12-9-,20-17-,21-18-,29-26-,32-30-,48-27-. The molecule has 6 nitrogen and oxygen atoms in total. The molecule has 0 saturated carbocycles. The first kappa shape index (κ1) is 79.8. The summed E-state index contributed by atoms with van der Waals surface area (Å²) in [6, 6.07) is 0. The first-order valence-corrected chi connectivity index (χ1v) is 36.4. The van der Waals surface area contributed by atoms with Crippen molar-refractivity contribution in [3.63, 3.8) is 0 Å². The summed E-state index contributed by atoms with van der Waals surface area (Å²) in [4.78, 5) is 38.5.